The third-order valence-corrected chi connectivity index (χ3v) is 6.76. The molecule has 4 rings (SSSR count). The van der Waals surface area contributed by atoms with Gasteiger partial charge in [-0.1, -0.05) is 0 Å². The number of amides is 1. The maximum absolute atomic E-state index is 13.6. The summed E-state index contributed by atoms with van der Waals surface area (Å²) in [7, 11) is 11.9. The molecule has 4 aromatic rings. The lowest BCUT2D eigenvalue weighted by Crippen LogP contribution is -2.18. The van der Waals surface area contributed by atoms with Crippen molar-refractivity contribution in [3.05, 3.63) is 70.8 Å². The standard InChI is InChI=1S/C28H27F3N8O5S.C3H9N.CH2O/c1-15-6-23(28(29,30)31)37-39(15)24-22(13-34-27(36-24)35-17-8-18(42-3)10-19(9-17)43-4)16-7-21(26(44-5)33-11-16)25(41)38-45-20(14-40)12-32-2;1-4(2)3;1-2/h6-14,32H,1-5H3,(H,38,41)(H,34,35,36);1-3H3;1H2/b20-12+;;. The smallest absolute Gasteiger partial charge is 0.435 e. The van der Waals surface area contributed by atoms with E-state index in [0.29, 0.717) is 23.5 Å². The predicted molar refractivity (Wildman–Crippen MR) is 187 cm³/mol. The summed E-state index contributed by atoms with van der Waals surface area (Å²) < 4.78 is 60.2. The average Bonchev–Trinajstić information content (AvgIpc) is 3.52. The van der Waals surface area contributed by atoms with Crippen LogP contribution in [0.15, 0.2) is 53.8 Å². The van der Waals surface area contributed by atoms with E-state index in [1.165, 1.54) is 52.9 Å². The second kappa shape index (κ2) is 19.5. The van der Waals surface area contributed by atoms with Gasteiger partial charge in [-0.05, 0) is 52.1 Å². The Balaban J connectivity index is 0.00000140. The number of hydrogen-bond acceptors (Lipinski definition) is 14. The van der Waals surface area contributed by atoms with Crippen molar-refractivity contribution in [1.82, 2.24) is 39.7 Å². The van der Waals surface area contributed by atoms with E-state index in [2.05, 4.69) is 35.4 Å². The van der Waals surface area contributed by atoms with Gasteiger partial charge in [0.05, 0.1) is 26.2 Å². The number of aldehydes is 1. The molecule has 0 unspecified atom stereocenters. The summed E-state index contributed by atoms with van der Waals surface area (Å²) in [5, 5.41) is 9.46. The highest BCUT2D eigenvalue weighted by Crippen LogP contribution is 2.34. The first-order chi connectivity index (χ1) is 24.2. The number of carbonyl (C=O) groups excluding carboxylic acids is 3. The summed E-state index contributed by atoms with van der Waals surface area (Å²) in [6.07, 6.45) is -0.0566. The molecule has 0 saturated heterocycles. The molecule has 0 radical (unpaired) electrons. The van der Waals surface area contributed by atoms with Crippen LogP contribution in [0.25, 0.3) is 16.9 Å². The number of aromatic nitrogens is 5. The third-order valence-electron chi connectivity index (χ3n) is 6.02. The predicted octanol–water partition coefficient (Wildman–Crippen LogP) is 4.45. The fraction of sp³-hybridized carbons (Fsp3) is 0.281. The quantitative estimate of drug-likeness (QED) is 0.106. The van der Waals surface area contributed by atoms with Crippen LogP contribution in [0.2, 0.25) is 0 Å². The topological polar surface area (TPSA) is 175 Å². The molecule has 0 aliphatic heterocycles. The molecule has 51 heavy (non-hydrogen) atoms. The van der Waals surface area contributed by atoms with E-state index < -0.39 is 17.8 Å². The van der Waals surface area contributed by atoms with E-state index >= 15 is 0 Å². The van der Waals surface area contributed by atoms with Crippen molar-refractivity contribution in [3.63, 3.8) is 0 Å². The first-order valence-corrected chi connectivity index (χ1v) is 15.3. The summed E-state index contributed by atoms with van der Waals surface area (Å²) in [5.41, 5.74) is -0.0822. The van der Waals surface area contributed by atoms with Crippen LogP contribution in [0.4, 0.5) is 24.8 Å². The highest BCUT2D eigenvalue weighted by molar-refractivity contribution is 8.02. The van der Waals surface area contributed by atoms with Crippen molar-refractivity contribution in [1.29, 1.82) is 0 Å². The number of halogens is 3. The van der Waals surface area contributed by atoms with Gasteiger partial charge in [-0.3, -0.25) is 14.3 Å². The molecule has 0 aliphatic carbocycles. The normalized spacial score (nSPS) is 10.9. The van der Waals surface area contributed by atoms with Crippen molar-refractivity contribution in [2.24, 2.45) is 0 Å². The van der Waals surface area contributed by atoms with Crippen LogP contribution >= 0.6 is 11.9 Å². The molecule has 0 aliphatic rings. The molecule has 3 heterocycles. The number of hydrogen-bond donors (Lipinski definition) is 3. The minimum absolute atomic E-state index is 0.0149. The number of allylic oxidation sites excluding steroid dienone is 1. The van der Waals surface area contributed by atoms with Gasteiger partial charge in [-0.2, -0.15) is 23.3 Å². The van der Waals surface area contributed by atoms with E-state index in [-0.39, 0.29) is 44.9 Å². The number of anilines is 2. The Bertz CT molecular complexity index is 1790. The van der Waals surface area contributed by atoms with Crippen LogP contribution in [-0.2, 0) is 15.8 Å². The molecule has 1 aromatic carbocycles. The number of nitrogens with one attached hydrogen (secondary N) is 3. The number of carbonyl (C=O) groups is 3. The molecule has 3 N–H and O–H groups in total. The summed E-state index contributed by atoms with van der Waals surface area (Å²) in [6, 6.07) is 7.26. The van der Waals surface area contributed by atoms with E-state index in [4.69, 9.17) is 19.0 Å². The lowest BCUT2D eigenvalue weighted by molar-refractivity contribution is -0.141. The second-order valence-corrected chi connectivity index (χ2v) is 11.2. The molecule has 19 heteroatoms. The lowest BCUT2D eigenvalue weighted by Gasteiger charge is -2.15. The molecule has 1 amide bonds. The van der Waals surface area contributed by atoms with Crippen LogP contribution < -0.4 is 29.6 Å². The van der Waals surface area contributed by atoms with E-state index in [1.54, 1.807) is 25.2 Å². The molecule has 0 bridgehead atoms. The highest BCUT2D eigenvalue weighted by atomic mass is 32.2. The molecule has 0 fully saturated rings. The minimum Gasteiger partial charge on any atom is -0.497 e. The first kappa shape index (κ1) is 41.5. The molecule has 3 aromatic heterocycles. The van der Waals surface area contributed by atoms with Crippen molar-refractivity contribution < 1.29 is 41.8 Å². The van der Waals surface area contributed by atoms with Gasteiger partial charge in [0.25, 0.3) is 5.91 Å². The Hall–Kier alpha value is -5.69. The van der Waals surface area contributed by atoms with Gasteiger partial charge in [0.15, 0.2) is 17.8 Å². The number of benzene rings is 1. The van der Waals surface area contributed by atoms with Gasteiger partial charge in [0, 0.05) is 66.3 Å². The molecule has 0 saturated carbocycles. The zero-order valence-electron chi connectivity index (χ0n) is 29.1. The van der Waals surface area contributed by atoms with E-state index in [1.807, 2.05) is 32.8 Å². The molecule has 15 nitrogen and oxygen atoms in total. The Kier molecular flexibility index (Phi) is 15.8. The van der Waals surface area contributed by atoms with Crippen molar-refractivity contribution in [2.45, 2.75) is 13.1 Å². The zero-order valence-corrected chi connectivity index (χ0v) is 29.9. The van der Waals surface area contributed by atoms with Crippen molar-refractivity contribution in [2.75, 3.05) is 54.8 Å². The average molecular weight is 734 g/mol. The maximum atomic E-state index is 13.6. The van der Waals surface area contributed by atoms with E-state index in [9.17, 15) is 22.8 Å². The number of pyridine rings is 1. The van der Waals surface area contributed by atoms with Gasteiger partial charge < -0.3 is 34.5 Å². The Labute approximate surface area is 296 Å². The molecule has 0 spiro atoms. The Morgan fingerprint density at radius 2 is 1.61 bits per heavy atom. The fourth-order valence-electron chi connectivity index (χ4n) is 3.95. The number of alkyl halides is 3. The SMILES string of the molecule is C=O.CN(C)C.CN/C=C(\C=O)SNC(=O)c1cc(-c2cnc(Nc3cc(OC)cc(OC)c3)nc2-n2nc(C(F)(F)F)cc2C)cnc1OC. The van der Waals surface area contributed by atoms with Crippen LogP contribution in [0, 0.1) is 6.92 Å². The largest absolute Gasteiger partial charge is 0.497 e. The Morgan fingerprint density at radius 3 is 2.12 bits per heavy atom. The van der Waals surface area contributed by atoms with Crippen LogP contribution in [0.3, 0.4) is 0 Å². The van der Waals surface area contributed by atoms with Crippen LogP contribution in [0.5, 0.6) is 17.4 Å². The molecule has 274 valence electrons. The van der Waals surface area contributed by atoms with Crippen molar-refractivity contribution in [3.8, 4) is 34.3 Å². The zero-order chi connectivity index (χ0) is 38.3. The lowest BCUT2D eigenvalue weighted by atomic mass is 10.1. The summed E-state index contributed by atoms with van der Waals surface area (Å²) in [4.78, 5) is 47.6. The van der Waals surface area contributed by atoms with Gasteiger partial charge in [-0.25, -0.2) is 14.6 Å². The summed E-state index contributed by atoms with van der Waals surface area (Å²) in [5.74, 6) is 0.231. The van der Waals surface area contributed by atoms with Gasteiger partial charge >= 0.3 is 6.18 Å². The van der Waals surface area contributed by atoms with Crippen LogP contribution in [-0.4, -0.2) is 98.1 Å². The molecule has 0 atom stereocenters. The fourth-order valence-corrected chi connectivity index (χ4v) is 4.49. The summed E-state index contributed by atoms with van der Waals surface area (Å²) in [6.45, 7) is 3.44. The Morgan fingerprint density at radius 1 is 0.980 bits per heavy atom. The number of rotatable bonds is 12. The van der Waals surface area contributed by atoms with Crippen LogP contribution in [0.1, 0.15) is 21.7 Å². The third kappa shape index (κ3) is 11.7. The molecular weight excluding hydrogens is 695 g/mol. The minimum atomic E-state index is -4.71. The number of ether oxygens (including phenoxy) is 3. The number of aryl methyl sites for hydroxylation is 1. The number of methoxy groups -OCH3 is 3. The first-order valence-electron chi connectivity index (χ1n) is 14.5. The maximum Gasteiger partial charge on any atom is 0.435 e. The monoisotopic (exact) mass is 733 g/mol. The van der Waals surface area contributed by atoms with Gasteiger partial charge in [0.2, 0.25) is 11.8 Å². The van der Waals surface area contributed by atoms with Gasteiger partial charge in [-0.15, -0.1) is 0 Å². The summed E-state index contributed by atoms with van der Waals surface area (Å²) >= 11 is 0.761. The number of nitrogens with zero attached hydrogens (tertiary/aromatic N) is 6. The highest BCUT2D eigenvalue weighted by Gasteiger charge is 2.35. The van der Waals surface area contributed by atoms with Gasteiger partial charge in [0.1, 0.15) is 23.9 Å². The van der Waals surface area contributed by atoms with E-state index in [0.717, 1.165) is 22.7 Å². The second-order valence-electron chi connectivity index (χ2n) is 10.3. The molecular formula is C32H38F3N9O6S. The van der Waals surface area contributed by atoms with Crippen molar-refractivity contribution >= 4 is 42.6 Å².